The molecule has 0 fully saturated rings. The SMILES string of the molecule is CCCC(C)Oc1cc(OC)c(F)cc1N. The van der Waals surface area contributed by atoms with Crippen molar-refractivity contribution >= 4 is 5.69 Å². The smallest absolute Gasteiger partial charge is 0.167 e. The van der Waals surface area contributed by atoms with E-state index in [9.17, 15) is 4.39 Å². The van der Waals surface area contributed by atoms with E-state index >= 15 is 0 Å². The molecule has 0 saturated carbocycles. The second-order valence-corrected chi connectivity index (χ2v) is 3.74. The zero-order chi connectivity index (χ0) is 12.1. The molecule has 0 aliphatic carbocycles. The maximum absolute atomic E-state index is 13.3. The molecule has 1 atom stereocenters. The summed E-state index contributed by atoms with van der Waals surface area (Å²) in [7, 11) is 1.41. The summed E-state index contributed by atoms with van der Waals surface area (Å²) in [5.74, 6) is 0.141. The number of nitrogen functional groups attached to an aromatic ring is 1. The monoisotopic (exact) mass is 227 g/mol. The van der Waals surface area contributed by atoms with Crippen LogP contribution in [0.2, 0.25) is 0 Å². The summed E-state index contributed by atoms with van der Waals surface area (Å²) < 4.78 is 23.7. The molecular weight excluding hydrogens is 209 g/mol. The highest BCUT2D eigenvalue weighted by Crippen LogP contribution is 2.30. The van der Waals surface area contributed by atoms with Gasteiger partial charge in [0.1, 0.15) is 5.75 Å². The van der Waals surface area contributed by atoms with Crippen LogP contribution in [0.1, 0.15) is 26.7 Å². The minimum atomic E-state index is -0.476. The lowest BCUT2D eigenvalue weighted by Crippen LogP contribution is -2.12. The number of ether oxygens (including phenoxy) is 2. The van der Waals surface area contributed by atoms with Gasteiger partial charge in [0.2, 0.25) is 0 Å². The molecule has 1 rings (SSSR count). The van der Waals surface area contributed by atoms with E-state index in [2.05, 4.69) is 6.92 Å². The van der Waals surface area contributed by atoms with Crippen LogP contribution in [0.25, 0.3) is 0 Å². The van der Waals surface area contributed by atoms with E-state index in [4.69, 9.17) is 15.2 Å². The first-order valence-corrected chi connectivity index (χ1v) is 5.38. The molecule has 0 spiro atoms. The van der Waals surface area contributed by atoms with Crippen molar-refractivity contribution in [2.45, 2.75) is 32.8 Å². The predicted molar refractivity (Wildman–Crippen MR) is 62.4 cm³/mol. The molecule has 0 radical (unpaired) electrons. The van der Waals surface area contributed by atoms with Crippen molar-refractivity contribution in [1.82, 2.24) is 0 Å². The third-order valence-corrected chi connectivity index (χ3v) is 2.31. The van der Waals surface area contributed by atoms with Gasteiger partial charge in [0.15, 0.2) is 11.6 Å². The molecule has 0 amide bonds. The number of hydrogen-bond donors (Lipinski definition) is 1. The molecule has 1 aromatic rings. The van der Waals surface area contributed by atoms with Gasteiger partial charge in [0.25, 0.3) is 0 Å². The number of nitrogens with two attached hydrogens (primary N) is 1. The Balaban J connectivity index is 2.87. The van der Waals surface area contributed by atoms with Crippen LogP contribution in [-0.4, -0.2) is 13.2 Å². The van der Waals surface area contributed by atoms with E-state index < -0.39 is 5.82 Å². The molecule has 3 nitrogen and oxygen atoms in total. The predicted octanol–water partition coefficient (Wildman–Crippen LogP) is 2.98. The van der Waals surface area contributed by atoms with Crippen molar-refractivity contribution in [2.24, 2.45) is 0 Å². The molecule has 0 aromatic heterocycles. The number of anilines is 1. The average Bonchev–Trinajstić information content (AvgIpc) is 2.22. The van der Waals surface area contributed by atoms with Gasteiger partial charge in [-0.2, -0.15) is 0 Å². The minimum Gasteiger partial charge on any atom is -0.494 e. The first-order valence-electron chi connectivity index (χ1n) is 5.38. The van der Waals surface area contributed by atoms with Gasteiger partial charge >= 0.3 is 0 Å². The van der Waals surface area contributed by atoms with Crippen LogP contribution < -0.4 is 15.2 Å². The second-order valence-electron chi connectivity index (χ2n) is 3.74. The van der Waals surface area contributed by atoms with Crippen molar-refractivity contribution < 1.29 is 13.9 Å². The van der Waals surface area contributed by atoms with Gasteiger partial charge in [-0.25, -0.2) is 4.39 Å². The van der Waals surface area contributed by atoms with Crippen molar-refractivity contribution in [3.05, 3.63) is 17.9 Å². The zero-order valence-electron chi connectivity index (χ0n) is 9.92. The highest BCUT2D eigenvalue weighted by molar-refractivity contribution is 5.56. The van der Waals surface area contributed by atoms with Crippen LogP contribution in [0.3, 0.4) is 0 Å². The lowest BCUT2D eigenvalue weighted by molar-refractivity contribution is 0.210. The van der Waals surface area contributed by atoms with Gasteiger partial charge < -0.3 is 15.2 Å². The maximum Gasteiger partial charge on any atom is 0.167 e. The van der Waals surface area contributed by atoms with Crippen LogP contribution in [0.15, 0.2) is 12.1 Å². The fourth-order valence-electron chi connectivity index (χ4n) is 1.49. The number of benzene rings is 1. The summed E-state index contributed by atoms with van der Waals surface area (Å²) in [5.41, 5.74) is 5.96. The molecule has 0 aliphatic rings. The summed E-state index contributed by atoms with van der Waals surface area (Å²) in [6.07, 6.45) is 2.01. The van der Waals surface area contributed by atoms with Gasteiger partial charge in [-0.1, -0.05) is 13.3 Å². The summed E-state index contributed by atoms with van der Waals surface area (Å²) in [4.78, 5) is 0. The van der Waals surface area contributed by atoms with Crippen molar-refractivity contribution in [3.63, 3.8) is 0 Å². The molecule has 0 saturated heterocycles. The quantitative estimate of drug-likeness (QED) is 0.786. The summed E-state index contributed by atoms with van der Waals surface area (Å²) in [5, 5.41) is 0. The van der Waals surface area contributed by atoms with Crippen LogP contribution in [-0.2, 0) is 0 Å². The van der Waals surface area contributed by atoms with Crippen molar-refractivity contribution in [3.8, 4) is 11.5 Å². The van der Waals surface area contributed by atoms with Gasteiger partial charge in [-0.15, -0.1) is 0 Å². The lowest BCUT2D eigenvalue weighted by atomic mass is 10.2. The van der Waals surface area contributed by atoms with Crippen LogP contribution >= 0.6 is 0 Å². The molecule has 16 heavy (non-hydrogen) atoms. The van der Waals surface area contributed by atoms with E-state index in [1.165, 1.54) is 19.2 Å². The lowest BCUT2D eigenvalue weighted by Gasteiger charge is -2.16. The largest absolute Gasteiger partial charge is 0.494 e. The van der Waals surface area contributed by atoms with E-state index in [0.717, 1.165) is 12.8 Å². The van der Waals surface area contributed by atoms with Crippen molar-refractivity contribution in [1.29, 1.82) is 0 Å². The third-order valence-electron chi connectivity index (χ3n) is 2.31. The maximum atomic E-state index is 13.3. The van der Waals surface area contributed by atoms with E-state index in [0.29, 0.717) is 11.4 Å². The van der Waals surface area contributed by atoms with Gasteiger partial charge in [0, 0.05) is 12.1 Å². The molecule has 90 valence electrons. The third kappa shape index (κ3) is 3.02. The molecule has 0 bridgehead atoms. The first-order chi connectivity index (χ1) is 7.58. The highest BCUT2D eigenvalue weighted by atomic mass is 19.1. The van der Waals surface area contributed by atoms with Crippen molar-refractivity contribution in [2.75, 3.05) is 12.8 Å². The summed E-state index contributed by atoms with van der Waals surface area (Å²) in [6.45, 7) is 4.03. The molecular formula is C12H18FNO2. The molecule has 4 heteroatoms. The number of halogens is 1. The van der Waals surface area contributed by atoms with E-state index in [1.807, 2.05) is 6.92 Å². The normalized spacial score (nSPS) is 12.2. The van der Waals surface area contributed by atoms with Crippen LogP contribution in [0.5, 0.6) is 11.5 Å². The Hall–Kier alpha value is -1.45. The van der Waals surface area contributed by atoms with E-state index in [-0.39, 0.29) is 11.9 Å². The topological polar surface area (TPSA) is 44.5 Å². The summed E-state index contributed by atoms with van der Waals surface area (Å²) in [6, 6.07) is 2.70. The van der Waals surface area contributed by atoms with Gasteiger partial charge in [0.05, 0.1) is 18.9 Å². The highest BCUT2D eigenvalue weighted by Gasteiger charge is 2.11. The van der Waals surface area contributed by atoms with Gasteiger partial charge in [-0.3, -0.25) is 0 Å². The van der Waals surface area contributed by atoms with Crippen LogP contribution in [0, 0.1) is 5.82 Å². The Labute approximate surface area is 95.4 Å². The fourth-order valence-corrected chi connectivity index (χ4v) is 1.49. The fraction of sp³-hybridized carbons (Fsp3) is 0.500. The van der Waals surface area contributed by atoms with Crippen LogP contribution in [0.4, 0.5) is 10.1 Å². The second kappa shape index (κ2) is 5.58. The standard InChI is InChI=1S/C12H18FNO2/c1-4-5-8(2)16-12-7-11(15-3)9(13)6-10(12)14/h6-8H,4-5,14H2,1-3H3. The van der Waals surface area contributed by atoms with E-state index in [1.54, 1.807) is 0 Å². The number of hydrogen-bond acceptors (Lipinski definition) is 3. The Morgan fingerprint density at radius 2 is 2.06 bits per heavy atom. The minimum absolute atomic E-state index is 0.0578. The first kappa shape index (κ1) is 12.6. The number of rotatable bonds is 5. The molecule has 0 heterocycles. The molecule has 1 aromatic carbocycles. The van der Waals surface area contributed by atoms with Gasteiger partial charge in [-0.05, 0) is 13.3 Å². The molecule has 0 aliphatic heterocycles. The molecule has 1 unspecified atom stereocenters. The number of methoxy groups -OCH3 is 1. The Morgan fingerprint density at radius 3 is 2.62 bits per heavy atom. The Morgan fingerprint density at radius 1 is 1.38 bits per heavy atom. The Bertz CT molecular complexity index is 355. The average molecular weight is 227 g/mol. The summed E-state index contributed by atoms with van der Waals surface area (Å²) >= 11 is 0. The molecule has 2 N–H and O–H groups in total. The zero-order valence-corrected chi connectivity index (χ0v) is 9.92. The Kier molecular flexibility index (Phi) is 4.40.